The minimum atomic E-state index is -0.360. The minimum absolute atomic E-state index is 0.181. The number of hydrogen-bond acceptors (Lipinski definition) is 2. The molecule has 0 radical (unpaired) electrons. The molecule has 1 aliphatic rings. The highest BCUT2D eigenvalue weighted by molar-refractivity contribution is 6.07. The average Bonchev–Trinajstić information content (AvgIpc) is 3.40. The summed E-state index contributed by atoms with van der Waals surface area (Å²) in [6, 6.07) is 13.4. The number of aromatic nitrogens is 3. The SMILES string of the molecule is Cc1cn(-c2ccc(Cn3cc(C(=O)NC4CCCCC4)c4c(F)cccc43)cc2)cn1. The van der Waals surface area contributed by atoms with Crippen LogP contribution < -0.4 is 5.32 Å². The van der Waals surface area contributed by atoms with Crippen LogP contribution in [0.25, 0.3) is 16.6 Å². The number of nitrogens with one attached hydrogen (secondary N) is 1. The Kier molecular flexibility index (Phi) is 5.52. The van der Waals surface area contributed by atoms with Crippen molar-refractivity contribution in [3.05, 3.63) is 83.8 Å². The van der Waals surface area contributed by atoms with Gasteiger partial charge in [0.15, 0.2) is 0 Å². The fraction of sp³-hybridized carbons (Fsp3) is 0.308. The number of carbonyl (C=O) groups excluding carboxylic acids is 1. The smallest absolute Gasteiger partial charge is 0.253 e. The lowest BCUT2D eigenvalue weighted by Gasteiger charge is -2.22. The summed E-state index contributed by atoms with van der Waals surface area (Å²) in [6.45, 7) is 2.52. The number of rotatable bonds is 5. The van der Waals surface area contributed by atoms with Crippen LogP contribution in [0.15, 0.2) is 61.2 Å². The zero-order chi connectivity index (χ0) is 22.1. The van der Waals surface area contributed by atoms with Gasteiger partial charge in [-0.25, -0.2) is 9.37 Å². The molecule has 1 aliphatic carbocycles. The molecule has 2 aromatic carbocycles. The van der Waals surface area contributed by atoms with E-state index in [9.17, 15) is 9.18 Å². The van der Waals surface area contributed by atoms with Crippen molar-refractivity contribution in [1.82, 2.24) is 19.4 Å². The maximum Gasteiger partial charge on any atom is 0.253 e. The molecule has 2 heterocycles. The quantitative estimate of drug-likeness (QED) is 0.462. The van der Waals surface area contributed by atoms with E-state index in [4.69, 9.17) is 0 Å². The molecule has 164 valence electrons. The van der Waals surface area contributed by atoms with Gasteiger partial charge in [0.2, 0.25) is 0 Å². The van der Waals surface area contributed by atoms with Gasteiger partial charge in [0, 0.05) is 36.1 Å². The molecule has 1 amide bonds. The van der Waals surface area contributed by atoms with Crippen molar-refractivity contribution in [3.63, 3.8) is 0 Å². The largest absolute Gasteiger partial charge is 0.349 e. The van der Waals surface area contributed by atoms with E-state index in [1.807, 2.05) is 40.5 Å². The van der Waals surface area contributed by atoms with Gasteiger partial charge in [-0.15, -0.1) is 0 Å². The first-order valence-corrected chi connectivity index (χ1v) is 11.3. The van der Waals surface area contributed by atoms with E-state index in [-0.39, 0.29) is 17.8 Å². The van der Waals surface area contributed by atoms with Crippen LogP contribution in [0, 0.1) is 12.7 Å². The van der Waals surface area contributed by atoms with Gasteiger partial charge in [0.1, 0.15) is 5.82 Å². The van der Waals surface area contributed by atoms with Crippen LogP contribution in [0.3, 0.4) is 0 Å². The van der Waals surface area contributed by atoms with Crippen molar-refractivity contribution in [1.29, 1.82) is 0 Å². The third-order valence-corrected chi connectivity index (χ3v) is 6.34. The Bertz CT molecular complexity index is 1250. The predicted molar refractivity (Wildman–Crippen MR) is 124 cm³/mol. The van der Waals surface area contributed by atoms with Gasteiger partial charge in [0.25, 0.3) is 5.91 Å². The number of benzene rings is 2. The molecule has 1 fully saturated rings. The molecule has 0 spiro atoms. The summed E-state index contributed by atoms with van der Waals surface area (Å²) in [4.78, 5) is 17.3. The van der Waals surface area contributed by atoms with Gasteiger partial charge < -0.3 is 14.5 Å². The molecule has 5 nitrogen and oxygen atoms in total. The first-order valence-electron chi connectivity index (χ1n) is 11.3. The van der Waals surface area contributed by atoms with Gasteiger partial charge >= 0.3 is 0 Å². The first kappa shape index (κ1) is 20.5. The Morgan fingerprint density at radius 3 is 2.59 bits per heavy atom. The molecule has 0 saturated heterocycles. The molecule has 1 saturated carbocycles. The highest BCUT2D eigenvalue weighted by atomic mass is 19.1. The zero-order valence-corrected chi connectivity index (χ0v) is 18.2. The van der Waals surface area contributed by atoms with E-state index in [0.29, 0.717) is 17.5 Å². The van der Waals surface area contributed by atoms with Gasteiger partial charge in [0.05, 0.1) is 23.1 Å². The van der Waals surface area contributed by atoms with E-state index in [0.717, 1.165) is 48.1 Å². The van der Waals surface area contributed by atoms with Gasteiger partial charge in [-0.1, -0.05) is 37.5 Å². The second-order valence-electron chi connectivity index (χ2n) is 8.70. The molecular formula is C26H27FN4O. The van der Waals surface area contributed by atoms with Crippen LogP contribution >= 0.6 is 0 Å². The lowest BCUT2D eigenvalue weighted by molar-refractivity contribution is 0.0929. The molecule has 32 heavy (non-hydrogen) atoms. The molecule has 5 rings (SSSR count). The molecule has 0 unspecified atom stereocenters. The van der Waals surface area contributed by atoms with Crippen LogP contribution in [0.1, 0.15) is 53.7 Å². The molecular weight excluding hydrogens is 403 g/mol. The van der Waals surface area contributed by atoms with Crippen molar-refractivity contribution in [2.75, 3.05) is 0 Å². The second kappa shape index (κ2) is 8.61. The number of nitrogens with zero attached hydrogens (tertiary/aromatic N) is 3. The Balaban J connectivity index is 1.43. The van der Waals surface area contributed by atoms with Crippen molar-refractivity contribution in [3.8, 4) is 5.69 Å². The summed E-state index contributed by atoms with van der Waals surface area (Å²) in [6.07, 6.45) is 11.0. The minimum Gasteiger partial charge on any atom is -0.349 e. The number of amides is 1. The summed E-state index contributed by atoms with van der Waals surface area (Å²) in [7, 11) is 0. The Hall–Kier alpha value is -3.41. The Labute approximate surface area is 186 Å². The van der Waals surface area contributed by atoms with Crippen LogP contribution in [0.4, 0.5) is 4.39 Å². The van der Waals surface area contributed by atoms with Crippen LogP contribution in [-0.4, -0.2) is 26.1 Å². The topological polar surface area (TPSA) is 51.9 Å². The summed E-state index contributed by atoms with van der Waals surface area (Å²) in [5.41, 5.74) is 4.22. The number of halogens is 1. The second-order valence-corrected chi connectivity index (χ2v) is 8.70. The molecule has 2 aromatic heterocycles. The number of hydrogen-bond donors (Lipinski definition) is 1. The zero-order valence-electron chi connectivity index (χ0n) is 18.2. The predicted octanol–water partition coefficient (Wildman–Crippen LogP) is 5.39. The van der Waals surface area contributed by atoms with Gasteiger partial charge in [-0.2, -0.15) is 0 Å². The highest BCUT2D eigenvalue weighted by Gasteiger charge is 2.22. The molecule has 0 aliphatic heterocycles. The normalized spacial score (nSPS) is 14.7. The summed E-state index contributed by atoms with van der Waals surface area (Å²) >= 11 is 0. The van der Waals surface area contributed by atoms with E-state index in [2.05, 4.69) is 22.4 Å². The van der Waals surface area contributed by atoms with Gasteiger partial charge in [-0.3, -0.25) is 4.79 Å². The number of carbonyl (C=O) groups is 1. The molecule has 6 heteroatoms. The summed E-state index contributed by atoms with van der Waals surface area (Å²) in [5.74, 6) is -0.544. The maximum atomic E-state index is 14.8. The Morgan fingerprint density at radius 1 is 1.09 bits per heavy atom. The molecule has 0 atom stereocenters. The maximum absolute atomic E-state index is 14.8. The lowest BCUT2D eigenvalue weighted by Crippen LogP contribution is -2.36. The fourth-order valence-corrected chi connectivity index (χ4v) is 4.65. The number of fused-ring (bicyclic) bond motifs is 1. The standard InChI is InChI=1S/C26H27FN4O/c1-18-14-31(17-28-18)21-12-10-19(11-13-21)15-30-16-22(25-23(27)8-5-9-24(25)30)26(32)29-20-6-3-2-4-7-20/h5,8-14,16-17,20H,2-4,6-7,15H2,1H3,(H,29,32). The van der Waals surface area contributed by atoms with Gasteiger partial charge in [-0.05, 0) is 49.6 Å². The number of imidazole rings is 1. The van der Waals surface area contributed by atoms with Crippen LogP contribution in [0.2, 0.25) is 0 Å². The fourth-order valence-electron chi connectivity index (χ4n) is 4.65. The summed E-state index contributed by atoms with van der Waals surface area (Å²) in [5, 5.41) is 3.53. The monoisotopic (exact) mass is 430 g/mol. The van der Waals surface area contributed by atoms with E-state index in [1.54, 1.807) is 18.6 Å². The highest BCUT2D eigenvalue weighted by Crippen LogP contribution is 2.26. The van der Waals surface area contributed by atoms with E-state index >= 15 is 0 Å². The first-order chi connectivity index (χ1) is 15.6. The van der Waals surface area contributed by atoms with Crippen molar-refractivity contribution < 1.29 is 9.18 Å². The van der Waals surface area contributed by atoms with Crippen molar-refractivity contribution in [2.45, 2.75) is 51.6 Å². The van der Waals surface area contributed by atoms with Crippen molar-refractivity contribution >= 4 is 16.8 Å². The van der Waals surface area contributed by atoms with Crippen LogP contribution in [-0.2, 0) is 6.54 Å². The molecule has 0 bridgehead atoms. The van der Waals surface area contributed by atoms with Crippen LogP contribution in [0.5, 0.6) is 0 Å². The van der Waals surface area contributed by atoms with E-state index < -0.39 is 0 Å². The summed E-state index contributed by atoms with van der Waals surface area (Å²) < 4.78 is 18.7. The number of aryl methyl sites for hydroxylation is 1. The third-order valence-electron chi connectivity index (χ3n) is 6.34. The molecule has 1 N–H and O–H groups in total. The average molecular weight is 431 g/mol. The Morgan fingerprint density at radius 2 is 1.88 bits per heavy atom. The lowest BCUT2D eigenvalue weighted by atomic mass is 9.95. The van der Waals surface area contributed by atoms with Crippen molar-refractivity contribution in [2.24, 2.45) is 0 Å². The van der Waals surface area contributed by atoms with E-state index in [1.165, 1.54) is 12.5 Å². The third kappa shape index (κ3) is 4.05. The molecule has 4 aromatic rings.